The minimum absolute atomic E-state index is 0.0271. The van der Waals surface area contributed by atoms with Gasteiger partial charge in [-0.25, -0.2) is 4.79 Å². The molecule has 0 aliphatic carbocycles. The highest BCUT2D eigenvalue weighted by Gasteiger charge is 2.14. The molecule has 0 aromatic carbocycles. The van der Waals surface area contributed by atoms with Gasteiger partial charge in [0.2, 0.25) is 0 Å². The standard InChI is InChI=1S/C9H18O6/c1-3-7(4-10)15-9(13-2)6-14-5-8(11)12/h7,9-10H,3-6H2,1-2H3,(H,11,12). The van der Waals surface area contributed by atoms with Gasteiger partial charge in [-0.15, -0.1) is 0 Å². The molecule has 0 saturated heterocycles. The molecule has 15 heavy (non-hydrogen) atoms. The molecule has 2 N–H and O–H groups in total. The Bertz CT molecular complexity index is 168. The van der Waals surface area contributed by atoms with E-state index in [4.69, 9.17) is 24.4 Å². The van der Waals surface area contributed by atoms with Gasteiger partial charge in [-0.1, -0.05) is 6.92 Å². The molecule has 6 heteroatoms. The van der Waals surface area contributed by atoms with E-state index < -0.39 is 12.3 Å². The first-order chi connectivity index (χ1) is 7.13. The largest absolute Gasteiger partial charge is 0.480 e. The Morgan fingerprint density at radius 3 is 2.53 bits per heavy atom. The lowest BCUT2D eigenvalue weighted by Gasteiger charge is -2.21. The van der Waals surface area contributed by atoms with Crippen molar-refractivity contribution in [2.45, 2.75) is 25.7 Å². The van der Waals surface area contributed by atoms with Crippen molar-refractivity contribution >= 4 is 5.97 Å². The summed E-state index contributed by atoms with van der Waals surface area (Å²) in [5, 5.41) is 17.2. The lowest BCUT2D eigenvalue weighted by Crippen LogP contribution is -2.30. The number of aliphatic carboxylic acids is 1. The third-order valence-corrected chi connectivity index (χ3v) is 1.75. The molecule has 6 nitrogen and oxygen atoms in total. The first-order valence-corrected chi connectivity index (χ1v) is 4.72. The zero-order valence-corrected chi connectivity index (χ0v) is 9.01. The molecule has 2 atom stereocenters. The second-order valence-corrected chi connectivity index (χ2v) is 2.92. The van der Waals surface area contributed by atoms with E-state index in [1.54, 1.807) is 0 Å². The number of carbonyl (C=O) groups is 1. The van der Waals surface area contributed by atoms with Crippen LogP contribution in [0.4, 0.5) is 0 Å². The lowest BCUT2D eigenvalue weighted by molar-refractivity contribution is -0.192. The fraction of sp³-hybridized carbons (Fsp3) is 0.889. The average Bonchev–Trinajstić information content (AvgIpc) is 2.22. The van der Waals surface area contributed by atoms with E-state index in [1.165, 1.54) is 7.11 Å². The predicted molar refractivity (Wildman–Crippen MR) is 51.5 cm³/mol. The number of ether oxygens (including phenoxy) is 3. The molecule has 0 bridgehead atoms. The minimum Gasteiger partial charge on any atom is -0.480 e. The average molecular weight is 222 g/mol. The molecular formula is C9H18O6. The molecule has 0 radical (unpaired) electrons. The van der Waals surface area contributed by atoms with E-state index in [0.29, 0.717) is 6.42 Å². The van der Waals surface area contributed by atoms with Gasteiger partial charge in [-0.3, -0.25) is 0 Å². The molecule has 2 unspecified atom stereocenters. The molecule has 0 aromatic rings. The summed E-state index contributed by atoms with van der Waals surface area (Å²) < 4.78 is 15.0. The van der Waals surface area contributed by atoms with Gasteiger partial charge >= 0.3 is 5.97 Å². The minimum atomic E-state index is -1.04. The lowest BCUT2D eigenvalue weighted by atomic mass is 10.3. The zero-order chi connectivity index (χ0) is 11.7. The zero-order valence-electron chi connectivity index (χ0n) is 9.01. The molecule has 0 amide bonds. The molecule has 0 aliphatic rings. The monoisotopic (exact) mass is 222 g/mol. The molecule has 0 rings (SSSR count). The van der Waals surface area contributed by atoms with Crippen LogP contribution in [0.5, 0.6) is 0 Å². The first-order valence-electron chi connectivity index (χ1n) is 4.72. The molecule has 0 aromatic heterocycles. The number of hydrogen-bond donors (Lipinski definition) is 2. The van der Waals surface area contributed by atoms with Crippen LogP contribution in [0.25, 0.3) is 0 Å². The molecule has 90 valence electrons. The Hall–Kier alpha value is -0.690. The van der Waals surface area contributed by atoms with E-state index in [1.807, 2.05) is 6.92 Å². The number of methoxy groups -OCH3 is 1. The maximum absolute atomic E-state index is 10.2. The number of hydrogen-bond acceptors (Lipinski definition) is 5. The smallest absolute Gasteiger partial charge is 0.329 e. The van der Waals surface area contributed by atoms with Gasteiger partial charge in [0.05, 0.1) is 19.3 Å². The van der Waals surface area contributed by atoms with Crippen LogP contribution in [0, 0.1) is 0 Å². The summed E-state index contributed by atoms with van der Waals surface area (Å²) in [4.78, 5) is 10.2. The summed E-state index contributed by atoms with van der Waals surface area (Å²) >= 11 is 0. The highest BCUT2D eigenvalue weighted by atomic mass is 16.7. The molecule has 0 saturated carbocycles. The summed E-state index contributed by atoms with van der Waals surface area (Å²) in [6.07, 6.45) is -0.320. The summed E-state index contributed by atoms with van der Waals surface area (Å²) in [6, 6.07) is 0. The number of rotatable bonds is 9. The Morgan fingerprint density at radius 2 is 2.13 bits per heavy atom. The summed E-state index contributed by atoms with van der Waals surface area (Å²) in [7, 11) is 1.43. The van der Waals surface area contributed by atoms with Crippen molar-refractivity contribution in [2.24, 2.45) is 0 Å². The Kier molecular flexibility index (Phi) is 8.21. The van der Waals surface area contributed by atoms with Crippen molar-refractivity contribution in [2.75, 3.05) is 26.9 Å². The van der Waals surface area contributed by atoms with Crippen LogP contribution in [0.3, 0.4) is 0 Å². The quantitative estimate of drug-likeness (QED) is 0.528. The van der Waals surface area contributed by atoms with Crippen LogP contribution in [0.15, 0.2) is 0 Å². The van der Waals surface area contributed by atoms with Crippen molar-refractivity contribution in [3.63, 3.8) is 0 Å². The third kappa shape index (κ3) is 7.26. The van der Waals surface area contributed by atoms with Gasteiger partial charge in [0.15, 0.2) is 6.29 Å². The number of carboxylic acid groups (broad SMARTS) is 1. The van der Waals surface area contributed by atoms with Crippen molar-refractivity contribution < 1.29 is 29.2 Å². The SMILES string of the molecule is CCC(CO)OC(COCC(=O)O)OC. The van der Waals surface area contributed by atoms with Crippen LogP contribution in [0.2, 0.25) is 0 Å². The Balaban J connectivity index is 3.76. The molecule has 0 heterocycles. The van der Waals surface area contributed by atoms with E-state index in [9.17, 15) is 4.79 Å². The maximum Gasteiger partial charge on any atom is 0.329 e. The predicted octanol–water partition coefficient (Wildman–Crippen LogP) is -0.152. The van der Waals surface area contributed by atoms with Gasteiger partial charge in [-0.2, -0.15) is 0 Å². The van der Waals surface area contributed by atoms with Gasteiger partial charge in [0.1, 0.15) is 6.61 Å². The molecule has 0 aliphatic heterocycles. The van der Waals surface area contributed by atoms with Crippen molar-refractivity contribution in [3.05, 3.63) is 0 Å². The van der Waals surface area contributed by atoms with Crippen LogP contribution >= 0.6 is 0 Å². The Labute approximate surface area is 88.7 Å². The summed E-state index contributed by atoms with van der Waals surface area (Å²) in [5.41, 5.74) is 0. The third-order valence-electron chi connectivity index (χ3n) is 1.75. The van der Waals surface area contributed by atoms with Crippen LogP contribution in [-0.2, 0) is 19.0 Å². The number of carboxylic acids is 1. The van der Waals surface area contributed by atoms with Crippen LogP contribution in [-0.4, -0.2) is 55.5 Å². The van der Waals surface area contributed by atoms with Gasteiger partial charge in [0, 0.05) is 7.11 Å². The highest BCUT2D eigenvalue weighted by Crippen LogP contribution is 2.03. The van der Waals surface area contributed by atoms with E-state index in [-0.39, 0.29) is 25.9 Å². The molecule has 0 spiro atoms. The summed E-state index contributed by atoms with van der Waals surface area (Å²) in [5.74, 6) is -1.04. The second kappa shape index (κ2) is 8.60. The van der Waals surface area contributed by atoms with Gasteiger partial charge < -0.3 is 24.4 Å². The maximum atomic E-state index is 10.2. The van der Waals surface area contributed by atoms with Crippen molar-refractivity contribution in [1.82, 2.24) is 0 Å². The molecule has 0 fully saturated rings. The molecular weight excluding hydrogens is 204 g/mol. The highest BCUT2D eigenvalue weighted by molar-refractivity contribution is 5.67. The van der Waals surface area contributed by atoms with Gasteiger partial charge in [-0.05, 0) is 6.42 Å². The van der Waals surface area contributed by atoms with Gasteiger partial charge in [0.25, 0.3) is 0 Å². The fourth-order valence-electron chi connectivity index (χ4n) is 0.888. The number of aliphatic hydroxyl groups is 1. The van der Waals surface area contributed by atoms with Crippen LogP contribution < -0.4 is 0 Å². The second-order valence-electron chi connectivity index (χ2n) is 2.92. The van der Waals surface area contributed by atoms with Crippen LogP contribution in [0.1, 0.15) is 13.3 Å². The first kappa shape index (κ1) is 14.3. The van der Waals surface area contributed by atoms with E-state index >= 15 is 0 Å². The topological polar surface area (TPSA) is 85.2 Å². The van der Waals surface area contributed by atoms with E-state index in [0.717, 1.165) is 0 Å². The van der Waals surface area contributed by atoms with Crippen molar-refractivity contribution in [3.8, 4) is 0 Å². The normalized spacial score (nSPS) is 14.9. The van der Waals surface area contributed by atoms with Crippen molar-refractivity contribution in [1.29, 1.82) is 0 Å². The van der Waals surface area contributed by atoms with E-state index in [2.05, 4.69) is 0 Å². The fourth-order valence-corrected chi connectivity index (χ4v) is 0.888. The summed E-state index contributed by atoms with van der Waals surface area (Å²) in [6.45, 7) is 1.40. The number of aliphatic hydroxyl groups excluding tert-OH is 1. The Morgan fingerprint density at radius 1 is 1.47 bits per heavy atom.